The second-order valence-corrected chi connectivity index (χ2v) is 4.91. The zero-order valence-corrected chi connectivity index (χ0v) is 12.4. The highest BCUT2D eigenvalue weighted by Crippen LogP contribution is 2.33. The molecule has 3 aromatic rings. The van der Waals surface area contributed by atoms with Crippen LogP contribution in [-0.4, -0.2) is 23.8 Å². The lowest BCUT2D eigenvalue weighted by Crippen LogP contribution is -2.03. The van der Waals surface area contributed by atoms with Crippen LogP contribution in [0.15, 0.2) is 36.4 Å². The van der Waals surface area contributed by atoms with Crippen molar-refractivity contribution < 1.29 is 9.47 Å². The van der Waals surface area contributed by atoms with E-state index in [1.54, 1.807) is 26.4 Å². The number of methoxy groups -OCH3 is 2. The molecule has 1 heterocycles. The normalized spacial score (nSPS) is 10.8. The predicted molar refractivity (Wildman–Crippen MR) is 83.6 cm³/mol. The lowest BCUT2D eigenvalue weighted by Gasteiger charge is -2.13. The standard InChI is InChI=1S/C15H14ClN3O2/c1-20-10-4-6-14(21-2)13(8-10)19-12-5-3-9(16)7-11(12)18-15(19)17/h3-8H,1-2H3,(H2,17,18). The number of benzene rings is 2. The molecule has 0 fully saturated rings. The Hall–Kier alpha value is -2.40. The van der Waals surface area contributed by atoms with Gasteiger partial charge in [0.1, 0.15) is 11.5 Å². The molecule has 1 aromatic heterocycles. The molecule has 0 atom stereocenters. The minimum atomic E-state index is 0.360. The van der Waals surface area contributed by atoms with Gasteiger partial charge >= 0.3 is 0 Å². The van der Waals surface area contributed by atoms with Gasteiger partial charge in [-0.05, 0) is 30.3 Å². The molecule has 0 aliphatic heterocycles. The molecule has 0 amide bonds. The van der Waals surface area contributed by atoms with Crippen molar-refractivity contribution in [1.82, 2.24) is 9.55 Å². The summed E-state index contributed by atoms with van der Waals surface area (Å²) in [7, 11) is 3.22. The Balaban J connectivity index is 2.31. The van der Waals surface area contributed by atoms with Crippen molar-refractivity contribution in [2.75, 3.05) is 20.0 Å². The fourth-order valence-electron chi connectivity index (χ4n) is 2.30. The highest BCUT2D eigenvalue weighted by atomic mass is 35.5. The smallest absolute Gasteiger partial charge is 0.206 e. The number of anilines is 1. The fourth-order valence-corrected chi connectivity index (χ4v) is 2.46. The average molecular weight is 304 g/mol. The molecule has 0 aliphatic rings. The second-order valence-electron chi connectivity index (χ2n) is 4.48. The van der Waals surface area contributed by atoms with Gasteiger partial charge in [-0.2, -0.15) is 0 Å². The van der Waals surface area contributed by atoms with Gasteiger partial charge in [0.15, 0.2) is 0 Å². The van der Waals surface area contributed by atoms with E-state index < -0.39 is 0 Å². The van der Waals surface area contributed by atoms with Crippen LogP contribution in [0.4, 0.5) is 5.95 Å². The zero-order chi connectivity index (χ0) is 15.0. The molecule has 0 aliphatic carbocycles. The van der Waals surface area contributed by atoms with E-state index in [0.29, 0.717) is 22.5 Å². The van der Waals surface area contributed by atoms with Crippen molar-refractivity contribution in [2.24, 2.45) is 0 Å². The summed E-state index contributed by atoms with van der Waals surface area (Å²) in [5.74, 6) is 1.75. The topological polar surface area (TPSA) is 62.3 Å². The van der Waals surface area contributed by atoms with Gasteiger partial charge in [0.25, 0.3) is 0 Å². The van der Waals surface area contributed by atoms with Crippen molar-refractivity contribution in [2.45, 2.75) is 0 Å². The first-order valence-corrected chi connectivity index (χ1v) is 6.67. The number of aromatic nitrogens is 2. The Morgan fingerprint density at radius 1 is 1.10 bits per heavy atom. The summed E-state index contributed by atoms with van der Waals surface area (Å²) in [4.78, 5) is 4.34. The van der Waals surface area contributed by atoms with E-state index in [9.17, 15) is 0 Å². The van der Waals surface area contributed by atoms with Gasteiger partial charge in [-0.15, -0.1) is 0 Å². The van der Waals surface area contributed by atoms with Gasteiger partial charge in [0.05, 0.1) is 30.9 Å². The number of nitrogens with two attached hydrogens (primary N) is 1. The van der Waals surface area contributed by atoms with Gasteiger partial charge in [0, 0.05) is 11.1 Å². The third-order valence-corrected chi connectivity index (χ3v) is 3.50. The summed E-state index contributed by atoms with van der Waals surface area (Å²) in [6, 6.07) is 11.0. The van der Waals surface area contributed by atoms with Crippen LogP contribution in [0.1, 0.15) is 0 Å². The SMILES string of the molecule is COc1ccc(OC)c(-n2c(N)nc3cc(Cl)ccc32)c1. The highest BCUT2D eigenvalue weighted by Gasteiger charge is 2.15. The molecule has 108 valence electrons. The summed E-state index contributed by atoms with van der Waals surface area (Å²) in [5, 5.41) is 0.616. The molecule has 2 N–H and O–H groups in total. The second kappa shape index (κ2) is 5.18. The maximum atomic E-state index is 6.06. The van der Waals surface area contributed by atoms with E-state index >= 15 is 0 Å². The van der Waals surface area contributed by atoms with Crippen LogP contribution < -0.4 is 15.2 Å². The Kier molecular flexibility index (Phi) is 3.35. The Morgan fingerprint density at radius 2 is 1.90 bits per heavy atom. The van der Waals surface area contributed by atoms with Crippen molar-refractivity contribution in [3.63, 3.8) is 0 Å². The molecule has 5 nitrogen and oxygen atoms in total. The van der Waals surface area contributed by atoms with Crippen LogP contribution >= 0.6 is 11.6 Å². The number of nitrogens with zero attached hydrogens (tertiary/aromatic N) is 2. The quantitative estimate of drug-likeness (QED) is 0.806. The lowest BCUT2D eigenvalue weighted by molar-refractivity contribution is 0.402. The number of rotatable bonds is 3. The number of ether oxygens (including phenoxy) is 2. The minimum Gasteiger partial charge on any atom is -0.497 e. The molecule has 0 unspecified atom stereocenters. The third kappa shape index (κ3) is 2.25. The van der Waals surface area contributed by atoms with Crippen LogP contribution in [0.3, 0.4) is 0 Å². The molecule has 0 spiro atoms. The number of imidazole rings is 1. The van der Waals surface area contributed by atoms with Gasteiger partial charge in [0.2, 0.25) is 5.95 Å². The fraction of sp³-hybridized carbons (Fsp3) is 0.133. The lowest BCUT2D eigenvalue weighted by atomic mass is 10.2. The highest BCUT2D eigenvalue weighted by molar-refractivity contribution is 6.31. The van der Waals surface area contributed by atoms with Gasteiger partial charge in [-0.3, -0.25) is 4.57 Å². The largest absolute Gasteiger partial charge is 0.497 e. The summed E-state index contributed by atoms with van der Waals surface area (Å²) in [6.07, 6.45) is 0. The van der Waals surface area contributed by atoms with E-state index in [1.165, 1.54) is 0 Å². The van der Waals surface area contributed by atoms with Gasteiger partial charge in [-0.25, -0.2) is 4.98 Å². The van der Waals surface area contributed by atoms with E-state index in [1.807, 2.05) is 28.8 Å². The van der Waals surface area contributed by atoms with Gasteiger partial charge < -0.3 is 15.2 Å². The number of fused-ring (bicyclic) bond motifs is 1. The molecule has 0 saturated heterocycles. The average Bonchev–Trinajstić information content (AvgIpc) is 2.81. The molecule has 2 aromatic carbocycles. The van der Waals surface area contributed by atoms with Crippen LogP contribution in [0.5, 0.6) is 11.5 Å². The first-order valence-electron chi connectivity index (χ1n) is 6.30. The van der Waals surface area contributed by atoms with Crippen LogP contribution in [0, 0.1) is 0 Å². The van der Waals surface area contributed by atoms with Crippen LogP contribution in [0.2, 0.25) is 5.02 Å². The maximum absolute atomic E-state index is 6.06. The zero-order valence-electron chi connectivity index (χ0n) is 11.6. The molecular formula is C15H14ClN3O2. The number of hydrogen-bond acceptors (Lipinski definition) is 4. The van der Waals surface area contributed by atoms with Crippen molar-refractivity contribution >= 4 is 28.6 Å². The van der Waals surface area contributed by atoms with Crippen molar-refractivity contribution in [3.8, 4) is 17.2 Å². The van der Waals surface area contributed by atoms with E-state index in [2.05, 4.69) is 4.98 Å². The van der Waals surface area contributed by atoms with E-state index in [4.69, 9.17) is 26.8 Å². The van der Waals surface area contributed by atoms with Crippen LogP contribution in [0.25, 0.3) is 16.7 Å². The van der Waals surface area contributed by atoms with E-state index in [-0.39, 0.29) is 0 Å². The van der Waals surface area contributed by atoms with Crippen LogP contribution in [-0.2, 0) is 0 Å². The Morgan fingerprint density at radius 3 is 2.62 bits per heavy atom. The molecular weight excluding hydrogens is 290 g/mol. The molecule has 3 rings (SSSR count). The first-order chi connectivity index (χ1) is 10.1. The van der Waals surface area contributed by atoms with Gasteiger partial charge in [-0.1, -0.05) is 11.6 Å². The third-order valence-electron chi connectivity index (χ3n) is 3.27. The minimum absolute atomic E-state index is 0.360. The molecule has 0 saturated carbocycles. The number of nitrogen functional groups attached to an aromatic ring is 1. The molecule has 6 heteroatoms. The molecule has 21 heavy (non-hydrogen) atoms. The molecule has 0 radical (unpaired) electrons. The summed E-state index contributed by atoms with van der Waals surface area (Å²) < 4.78 is 12.5. The first kappa shape index (κ1) is 13.6. The summed E-state index contributed by atoms with van der Waals surface area (Å²) in [5.41, 5.74) is 8.40. The predicted octanol–water partition coefficient (Wildman–Crippen LogP) is 3.28. The van der Waals surface area contributed by atoms with E-state index in [0.717, 1.165) is 16.7 Å². The van der Waals surface area contributed by atoms with Crippen molar-refractivity contribution in [3.05, 3.63) is 41.4 Å². The summed E-state index contributed by atoms with van der Waals surface area (Å²) >= 11 is 6.00. The van der Waals surface area contributed by atoms with Crippen molar-refractivity contribution in [1.29, 1.82) is 0 Å². The Labute approximate surface area is 126 Å². The monoisotopic (exact) mass is 303 g/mol. The molecule has 0 bridgehead atoms. The Bertz CT molecular complexity index is 814. The number of halogens is 1. The number of hydrogen-bond donors (Lipinski definition) is 1. The summed E-state index contributed by atoms with van der Waals surface area (Å²) in [6.45, 7) is 0. The maximum Gasteiger partial charge on any atom is 0.206 e.